The number of carbonyl (C=O) groups excluding carboxylic acids is 2. The highest BCUT2D eigenvalue weighted by molar-refractivity contribution is 6.31. The van der Waals surface area contributed by atoms with E-state index < -0.39 is 5.54 Å². The molecule has 0 atom stereocenters. The summed E-state index contributed by atoms with van der Waals surface area (Å²) in [4.78, 5) is 26.9. The molecule has 2 rings (SSSR count). The molecule has 1 amide bonds. The number of halogens is 2. The van der Waals surface area contributed by atoms with Gasteiger partial charge in [-0.2, -0.15) is 0 Å². The molecule has 0 unspecified atom stereocenters. The number of likely N-dealkylation sites (N-methyl/N-ethyl adjacent to an activating group) is 1. The summed E-state index contributed by atoms with van der Waals surface area (Å²) in [5.74, 6) is 2.18. The topological polar surface area (TPSA) is 49.4 Å². The molecule has 0 fully saturated rings. The Bertz CT molecular complexity index is 858. The lowest BCUT2D eigenvalue weighted by molar-refractivity contribution is -0.117. The highest BCUT2D eigenvalue weighted by Gasteiger charge is 2.22. The molecule has 0 aromatic heterocycles. The summed E-state index contributed by atoms with van der Waals surface area (Å²) in [5, 5.41) is 3.44. The first-order valence-electron chi connectivity index (χ1n) is 8.14. The number of rotatable bonds is 6. The minimum atomic E-state index is -0.598. The first-order valence-corrected chi connectivity index (χ1v) is 8.51. The fraction of sp³-hybridized carbons (Fsp3) is 0.238. The monoisotopic (exact) mass is 404 g/mol. The van der Waals surface area contributed by atoms with E-state index in [4.69, 9.17) is 18.0 Å². The number of terminal acetylenes is 1. The van der Waals surface area contributed by atoms with Crippen molar-refractivity contribution in [3.8, 4) is 12.3 Å². The first-order chi connectivity index (χ1) is 12.2. The van der Waals surface area contributed by atoms with Gasteiger partial charge in [-0.05, 0) is 32.0 Å². The number of anilines is 1. The second kappa shape index (κ2) is 9.57. The van der Waals surface area contributed by atoms with Crippen LogP contribution >= 0.6 is 24.0 Å². The maximum absolute atomic E-state index is 12.9. The van der Waals surface area contributed by atoms with Crippen LogP contribution in [-0.4, -0.2) is 30.8 Å². The molecular formula is C21H22Cl2N2O2. The van der Waals surface area contributed by atoms with Crippen molar-refractivity contribution < 1.29 is 9.59 Å². The third-order valence-corrected chi connectivity index (χ3v) is 4.25. The molecule has 142 valence electrons. The lowest BCUT2D eigenvalue weighted by atomic mass is 10.0. The fourth-order valence-corrected chi connectivity index (χ4v) is 2.50. The maximum Gasteiger partial charge on any atom is 0.240 e. The third-order valence-electron chi connectivity index (χ3n) is 4.02. The molecule has 0 bridgehead atoms. The van der Waals surface area contributed by atoms with Gasteiger partial charge in [-0.15, -0.1) is 18.8 Å². The summed E-state index contributed by atoms with van der Waals surface area (Å²) in [7, 11) is 1.62. The minimum Gasteiger partial charge on any atom is -0.314 e. The molecule has 4 nitrogen and oxygen atoms in total. The van der Waals surface area contributed by atoms with Crippen molar-refractivity contribution in [1.82, 2.24) is 5.32 Å². The molecule has 0 heterocycles. The summed E-state index contributed by atoms with van der Waals surface area (Å²) in [6, 6.07) is 13.8. The smallest absolute Gasteiger partial charge is 0.240 e. The summed E-state index contributed by atoms with van der Waals surface area (Å²) in [6.45, 7) is 3.68. The van der Waals surface area contributed by atoms with Gasteiger partial charge in [-0.25, -0.2) is 0 Å². The lowest BCUT2D eigenvalue weighted by Gasteiger charge is -2.24. The number of nitrogens with zero attached hydrogens (tertiary/aromatic N) is 1. The van der Waals surface area contributed by atoms with E-state index in [-0.39, 0.29) is 30.6 Å². The van der Waals surface area contributed by atoms with Gasteiger partial charge >= 0.3 is 0 Å². The van der Waals surface area contributed by atoms with Gasteiger partial charge in [0.25, 0.3) is 0 Å². The van der Waals surface area contributed by atoms with E-state index in [0.717, 1.165) is 0 Å². The average molecular weight is 405 g/mol. The Morgan fingerprint density at radius 3 is 2.41 bits per heavy atom. The number of benzene rings is 2. The van der Waals surface area contributed by atoms with Gasteiger partial charge in [-0.1, -0.05) is 47.9 Å². The average Bonchev–Trinajstić information content (AvgIpc) is 2.65. The van der Waals surface area contributed by atoms with E-state index >= 15 is 0 Å². The van der Waals surface area contributed by atoms with Gasteiger partial charge in [0.1, 0.15) is 0 Å². The van der Waals surface area contributed by atoms with Crippen molar-refractivity contribution in [3.05, 3.63) is 64.7 Å². The van der Waals surface area contributed by atoms with Crippen molar-refractivity contribution in [2.45, 2.75) is 19.4 Å². The summed E-state index contributed by atoms with van der Waals surface area (Å²) >= 11 is 6.08. The van der Waals surface area contributed by atoms with Crippen LogP contribution in [0.25, 0.3) is 0 Å². The summed E-state index contributed by atoms with van der Waals surface area (Å²) < 4.78 is 0. The van der Waals surface area contributed by atoms with Crippen LogP contribution in [-0.2, 0) is 4.79 Å². The van der Waals surface area contributed by atoms with E-state index in [0.29, 0.717) is 21.8 Å². The Morgan fingerprint density at radius 1 is 1.19 bits per heavy atom. The molecule has 0 radical (unpaired) electrons. The van der Waals surface area contributed by atoms with Crippen LogP contribution in [0.15, 0.2) is 48.5 Å². The Morgan fingerprint density at radius 2 is 1.81 bits per heavy atom. The molecular weight excluding hydrogens is 383 g/mol. The molecule has 0 saturated carbocycles. The molecule has 1 N–H and O–H groups in total. The Labute approximate surface area is 171 Å². The van der Waals surface area contributed by atoms with Crippen LogP contribution in [0.1, 0.15) is 29.8 Å². The van der Waals surface area contributed by atoms with Gasteiger partial charge in [0, 0.05) is 23.2 Å². The molecule has 0 aliphatic heterocycles. The van der Waals surface area contributed by atoms with E-state index in [1.807, 2.05) is 19.9 Å². The molecule has 0 aliphatic carbocycles. The normalized spacial score (nSPS) is 10.5. The van der Waals surface area contributed by atoms with E-state index in [1.54, 1.807) is 49.5 Å². The second-order valence-corrected chi connectivity index (χ2v) is 6.87. The SMILES string of the molecule is C#CC(C)(C)NCC(=O)N(C)c1ccc(Cl)cc1C(=O)c1ccccc1.Cl. The largest absolute Gasteiger partial charge is 0.314 e. The van der Waals surface area contributed by atoms with Crippen LogP contribution in [0.3, 0.4) is 0 Å². The van der Waals surface area contributed by atoms with Gasteiger partial charge in [0.2, 0.25) is 5.91 Å². The number of nitrogens with one attached hydrogen (secondary N) is 1. The number of ketones is 1. The molecule has 0 saturated heterocycles. The van der Waals surface area contributed by atoms with Gasteiger partial charge in [0.15, 0.2) is 5.78 Å². The van der Waals surface area contributed by atoms with Crippen LogP contribution in [0.2, 0.25) is 5.02 Å². The molecule has 27 heavy (non-hydrogen) atoms. The zero-order valence-corrected chi connectivity index (χ0v) is 17.0. The van der Waals surface area contributed by atoms with E-state index in [1.165, 1.54) is 4.90 Å². The number of carbonyl (C=O) groups is 2. The number of amides is 1. The Hall–Kier alpha value is -2.32. The molecule has 2 aromatic carbocycles. The minimum absolute atomic E-state index is 0. The highest BCUT2D eigenvalue weighted by atomic mass is 35.5. The van der Waals surface area contributed by atoms with Crippen LogP contribution in [0.5, 0.6) is 0 Å². The van der Waals surface area contributed by atoms with Crippen LogP contribution in [0.4, 0.5) is 5.69 Å². The van der Waals surface area contributed by atoms with Gasteiger partial charge in [-0.3, -0.25) is 14.9 Å². The molecule has 0 aliphatic rings. The summed E-state index contributed by atoms with van der Waals surface area (Å²) in [6.07, 6.45) is 5.43. The van der Waals surface area contributed by atoms with E-state index in [9.17, 15) is 9.59 Å². The van der Waals surface area contributed by atoms with Crippen molar-refractivity contribution in [2.24, 2.45) is 0 Å². The maximum atomic E-state index is 12.9. The van der Waals surface area contributed by atoms with Gasteiger partial charge < -0.3 is 4.90 Å². The van der Waals surface area contributed by atoms with Crippen molar-refractivity contribution in [3.63, 3.8) is 0 Å². The van der Waals surface area contributed by atoms with E-state index in [2.05, 4.69) is 11.2 Å². The lowest BCUT2D eigenvalue weighted by Crippen LogP contribution is -2.45. The molecule has 0 spiro atoms. The molecule has 6 heteroatoms. The predicted molar refractivity (Wildman–Crippen MR) is 113 cm³/mol. The predicted octanol–water partition coefficient (Wildman–Crippen LogP) is 3.96. The standard InChI is InChI=1S/C21H21ClN2O2.ClH/c1-5-21(2,3)23-14-19(25)24(4)18-12-11-16(22)13-17(18)20(26)15-9-7-6-8-10-15;/h1,6-13,23H,14H2,2-4H3;1H. The fourth-order valence-electron chi connectivity index (χ4n) is 2.33. The zero-order chi connectivity index (χ0) is 19.3. The number of hydrogen-bond donors (Lipinski definition) is 1. The number of hydrogen-bond acceptors (Lipinski definition) is 3. The first kappa shape index (κ1) is 22.7. The Kier molecular flexibility index (Phi) is 8.05. The zero-order valence-electron chi connectivity index (χ0n) is 15.5. The Balaban J connectivity index is 0.00000364. The summed E-state index contributed by atoms with van der Waals surface area (Å²) in [5.41, 5.74) is 0.798. The third kappa shape index (κ3) is 5.83. The quantitative estimate of drug-likeness (QED) is 0.585. The van der Waals surface area contributed by atoms with Crippen LogP contribution in [0, 0.1) is 12.3 Å². The van der Waals surface area contributed by atoms with Crippen molar-refractivity contribution in [1.29, 1.82) is 0 Å². The second-order valence-electron chi connectivity index (χ2n) is 6.43. The van der Waals surface area contributed by atoms with Crippen LogP contribution < -0.4 is 10.2 Å². The van der Waals surface area contributed by atoms with Crippen molar-refractivity contribution in [2.75, 3.05) is 18.5 Å². The highest BCUT2D eigenvalue weighted by Crippen LogP contribution is 2.26. The molecule has 2 aromatic rings. The van der Waals surface area contributed by atoms with Crippen molar-refractivity contribution >= 4 is 41.4 Å². The van der Waals surface area contributed by atoms with Gasteiger partial charge in [0.05, 0.1) is 17.8 Å².